The maximum absolute atomic E-state index is 11.8. The smallest absolute Gasteiger partial charge is 0.299 e. The third-order valence-electron chi connectivity index (χ3n) is 3.82. The number of furan rings is 2. The lowest BCUT2D eigenvalue weighted by Crippen LogP contribution is -2.00. The molecule has 0 unspecified atom stereocenters. The van der Waals surface area contributed by atoms with Crippen LogP contribution in [0.25, 0.3) is 33.4 Å². The lowest BCUT2D eigenvalue weighted by molar-refractivity contribution is 0.484. The Bertz CT molecular complexity index is 1060. The summed E-state index contributed by atoms with van der Waals surface area (Å²) in [5.74, 6) is 0. The van der Waals surface area contributed by atoms with Gasteiger partial charge in [0, 0.05) is 5.56 Å². The van der Waals surface area contributed by atoms with Crippen molar-refractivity contribution in [1.29, 1.82) is 0 Å². The molecule has 4 rings (SSSR count). The zero-order valence-electron chi connectivity index (χ0n) is 11.9. The number of hydrogen-bond donors (Lipinski definition) is 1. The van der Waals surface area contributed by atoms with Crippen LogP contribution in [0.15, 0.2) is 76.0 Å². The van der Waals surface area contributed by atoms with Gasteiger partial charge in [-0.3, -0.25) is 4.55 Å². The van der Waals surface area contributed by atoms with Crippen molar-refractivity contribution in [3.63, 3.8) is 0 Å². The van der Waals surface area contributed by atoms with Crippen molar-refractivity contribution in [2.45, 2.75) is 4.90 Å². The minimum absolute atomic E-state index is 0.167. The van der Waals surface area contributed by atoms with E-state index in [2.05, 4.69) is 0 Å². The maximum atomic E-state index is 11.8. The summed E-state index contributed by atoms with van der Waals surface area (Å²) in [6.45, 7) is 0. The van der Waals surface area contributed by atoms with Crippen molar-refractivity contribution in [2.24, 2.45) is 0 Å². The molecule has 114 valence electrons. The Balaban J connectivity index is 2.07. The van der Waals surface area contributed by atoms with Gasteiger partial charge in [-0.2, -0.15) is 8.42 Å². The van der Waals surface area contributed by atoms with E-state index in [4.69, 9.17) is 4.42 Å². The van der Waals surface area contributed by atoms with Crippen LogP contribution in [-0.4, -0.2) is 13.0 Å². The van der Waals surface area contributed by atoms with Crippen molar-refractivity contribution in [3.8, 4) is 22.3 Å². The van der Waals surface area contributed by atoms with Crippen molar-refractivity contribution >= 4 is 21.3 Å². The van der Waals surface area contributed by atoms with E-state index in [1.165, 1.54) is 0 Å². The molecule has 0 atom stereocenters. The SMILES string of the molecule is O=S(=O)(O)c1c(-c2ccccc2)c2oc1cc2-c1ccccc1. The molecule has 0 aliphatic heterocycles. The van der Waals surface area contributed by atoms with Crippen LogP contribution in [0.5, 0.6) is 0 Å². The van der Waals surface area contributed by atoms with Crippen molar-refractivity contribution < 1.29 is 17.4 Å². The molecule has 0 radical (unpaired) electrons. The normalized spacial score (nSPS) is 12.0. The average molecular weight is 324 g/mol. The third-order valence-corrected chi connectivity index (χ3v) is 4.74. The molecule has 2 bridgehead atoms. The molecule has 2 aromatic heterocycles. The second-order valence-corrected chi connectivity index (χ2v) is 6.62. The van der Waals surface area contributed by atoms with Crippen LogP contribution in [0.1, 0.15) is 0 Å². The molecule has 0 fully saturated rings. The Morgan fingerprint density at radius 3 is 1.96 bits per heavy atom. The molecule has 0 amide bonds. The molecular formula is C18H12O4S. The topological polar surface area (TPSA) is 67.5 Å². The summed E-state index contributed by atoms with van der Waals surface area (Å²) in [6, 6.07) is 20.3. The van der Waals surface area contributed by atoms with E-state index in [1.807, 2.05) is 48.5 Å². The van der Waals surface area contributed by atoms with Crippen LogP contribution in [-0.2, 0) is 10.1 Å². The van der Waals surface area contributed by atoms with Crippen LogP contribution < -0.4 is 0 Å². The third kappa shape index (κ3) is 2.21. The highest BCUT2D eigenvalue weighted by Crippen LogP contribution is 2.45. The molecule has 23 heavy (non-hydrogen) atoms. The summed E-state index contributed by atoms with van der Waals surface area (Å²) < 4.78 is 38.9. The van der Waals surface area contributed by atoms with E-state index >= 15 is 0 Å². The number of hydrogen-bond acceptors (Lipinski definition) is 3. The highest BCUT2D eigenvalue weighted by molar-refractivity contribution is 7.86. The van der Waals surface area contributed by atoms with E-state index in [-0.39, 0.29) is 10.5 Å². The fourth-order valence-corrected chi connectivity index (χ4v) is 3.69. The van der Waals surface area contributed by atoms with E-state index < -0.39 is 10.1 Å². The van der Waals surface area contributed by atoms with Gasteiger partial charge in [-0.15, -0.1) is 0 Å². The van der Waals surface area contributed by atoms with Crippen molar-refractivity contribution in [1.82, 2.24) is 0 Å². The van der Waals surface area contributed by atoms with Crippen LogP contribution in [0, 0.1) is 0 Å². The summed E-state index contributed by atoms with van der Waals surface area (Å²) >= 11 is 0. The molecule has 2 heterocycles. The molecule has 0 saturated heterocycles. The molecule has 4 nitrogen and oxygen atoms in total. The molecule has 1 N–H and O–H groups in total. The molecule has 0 spiro atoms. The lowest BCUT2D eigenvalue weighted by atomic mass is 9.99. The molecule has 0 aliphatic rings. The average Bonchev–Trinajstić information content (AvgIpc) is 3.14. The highest BCUT2D eigenvalue weighted by atomic mass is 32.2. The molecule has 0 saturated carbocycles. The van der Waals surface area contributed by atoms with E-state index in [1.54, 1.807) is 18.2 Å². The molecule has 4 aromatic rings. The maximum Gasteiger partial charge on any atom is 0.299 e. The Hall–Kier alpha value is -2.63. The van der Waals surface area contributed by atoms with Crippen molar-refractivity contribution in [3.05, 3.63) is 66.7 Å². The second kappa shape index (κ2) is 4.94. The zero-order chi connectivity index (χ0) is 16.0. The standard InChI is InChI=1S/C18H12O4S/c19-23(20,21)18-15-11-14(12-7-3-1-4-8-12)17(22-15)16(18)13-9-5-2-6-10-13/h1-11H,(H,19,20,21). The van der Waals surface area contributed by atoms with E-state index in [0.717, 1.165) is 11.1 Å². The monoisotopic (exact) mass is 324 g/mol. The lowest BCUT2D eigenvalue weighted by Gasteiger charge is -2.06. The molecule has 5 heteroatoms. The molecule has 0 aliphatic carbocycles. The minimum Gasteiger partial charge on any atom is -0.454 e. The van der Waals surface area contributed by atoms with Crippen LogP contribution >= 0.6 is 0 Å². The predicted molar refractivity (Wildman–Crippen MR) is 88.1 cm³/mol. The predicted octanol–water partition coefficient (Wildman–Crippen LogP) is 4.45. The number of rotatable bonds is 3. The highest BCUT2D eigenvalue weighted by Gasteiger charge is 2.30. The molecule has 2 aromatic carbocycles. The second-order valence-electron chi connectivity index (χ2n) is 5.26. The quantitative estimate of drug-likeness (QED) is 0.565. The van der Waals surface area contributed by atoms with Gasteiger partial charge in [-0.25, -0.2) is 0 Å². The first-order chi connectivity index (χ1) is 11.1. The van der Waals surface area contributed by atoms with Gasteiger partial charge in [-0.1, -0.05) is 60.7 Å². The molecular weight excluding hydrogens is 312 g/mol. The van der Waals surface area contributed by atoms with Gasteiger partial charge in [-0.05, 0) is 17.2 Å². The van der Waals surface area contributed by atoms with Crippen molar-refractivity contribution in [2.75, 3.05) is 0 Å². The summed E-state index contributed by atoms with van der Waals surface area (Å²) in [7, 11) is -4.38. The summed E-state index contributed by atoms with van der Waals surface area (Å²) in [4.78, 5) is -0.168. The van der Waals surface area contributed by atoms with Crippen LogP contribution in [0.3, 0.4) is 0 Å². The Morgan fingerprint density at radius 1 is 0.826 bits per heavy atom. The van der Waals surface area contributed by atoms with Gasteiger partial charge in [0.05, 0.1) is 5.56 Å². The van der Waals surface area contributed by atoms with Gasteiger partial charge in [0.1, 0.15) is 16.1 Å². The fourth-order valence-electron chi connectivity index (χ4n) is 2.87. The Labute approximate surface area is 133 Å². The number of benzene rings is 3. The Morgan fingerprint density at radius 2 is 1.39 bits per heavy atom. The van der Waals surface area contributed by atoms with Gasteiger partial charge in [0.15, 0.2) is 0 Å². The summed E-state index contributed by atoms with van der Waals surface area (Å²) in [5, 5.41) is 0. The van der Waals surface area contributed by atoms with Gasteiger partial charge in [0.25, 0.3) is 10.1 Å². The first-order valence-electron chi connectivity index (χ1n) is 7.03. The first kappa shape index (κ1) is 14.0. The van der Waals surface area contributed by atoms with Crippen LogP contribution in [0.2, 0.25) is 0 Å². The first-order valence-corrected chi connectivity index (χ1v) is 8.47. The zero-order valence-corrected chi connectivity index (χ0v) is 12.7. The summed E-state index contributed by atoms with van der Waals surface area (Å²) in [6.07, 6.45) is 0. The number of fused-ring (bicyclic) bond motifs is 2. The fraction of sp³-hybridized carbons (Fsp3) is 0. The summed E-state index contributed by atoms with van der Waals surface area (Å²) in [5.41, 5.74) is 3.47. The van der Waals surface area contributed by atoms with Crippen LogP contribution in [0.4, 0.5) is 0 Å². The largest absolute Gasteiger partial charge is 0.454 e. The Kier molecular flexibility index (Phi) is 3.01. The van der Waals surface area contributed by atoms with Gasteiger partial charge in [0.2, 0.25) is 0 Å². The minimum atomic E-state index is -4.38. The van der Waals surface area contributed by atoms with E-state index in [0.29, 0.717) is 16.7 Å². The van der Waals surface area contributed by atoms with E-state index in [9.17, 15) is 13.0 Å². The van der Waals surface area contributed by atoms with Gasteiger partial charge < -0.3 is 4.42 Å². The van der Waals surface area contributed by atoms with Gasteiger partial charge >= 0.3 is 0 Å².